The minimum Gasteiger partial charge on any atom is -0.489 e. The van der Waals surface area contributed by atoms with Gasteiger partial charge in [0.1, 0.15) is 12.4 Å². The Bertz CT molecular complexity index is 606. The maximum atomic E-state index is 11.4. The smallest absolute Gasteiger partial charge is 0.247 e. The number of para-hydroxylation sites is 1. The standard InChI is InChI=1S/C17H17NO2/c1-3-17(19)18-16-11-7-8-14(13(16)2)12-20-15-9-5-4-6-10-15/h3-11H,1,12H2,2H3,(H,18,19). The van der Waals surface area contributed by atoms with Crippen molar-refractivity contribution in [1.29, 1.82) is 0 Å². The Labute approximate surface area is 118 Å². The number of hydrogen-bond acceptors (Lipinski definition) is 2. The molecule has 20 heavy (non-hydrogen) atoms. The highest BCUT2D eigenvalue weighted by molar-refractivity contribution is 5.99. The normalized spacial score (nSPS) is 9.85. The van der Waals surface area contributed by atoms with Gasteiger partial charge in [-0.1, -0.05) is 36.9 Å². The average Bonchev–Trinajstić information content (AvgIpc) is 2.49. The molecule has 0 aliphatic rings. The average molecular weight is 267 g/mol. The summed E-state index contributed by atoms with van der Waals surface area (Å²) in [7, 11) is 0. The lowest BCUT2D eigenvalue weighted by Gasteiger charge is -2.12. The molecular weight excluding hydrogens is 250 g/mol. The van der Waals surface area contributed by atoms with Gasteiger partial charge >= 0.3 is 0 Å². The molecule has 1 N–H and O–H groups in total. The number of rotatable bonds is 5. The van der Waals surface area contributed by atoms with Crippen molar-refractivity contribution in [2.45, 2.75) is 13.5 Å². The Kier molecular flexibility index (Phi) is 4.56. The van der Waals surface area contributed by atoms with E-state index < -0.39 is 0 Å². The van der Waals surface area contributed by atoms with E-state index in [1.54, 1.807) is 0 Å². The van der Waals surface area contributed by atoms with Crippen molar-refractivity contribution in [3.63, 3.8) is 0 Å². The van der Waals surface area contributed by atoms with Gasteiger partial charge in [-0.2, -0.15) is 0 Å². The summed E-state index contributed by atoms with van der Waals surface area (Å²) in [6, 6.07) is 15.4. The zero-order valence-electron chi connectivity index (χ0n) is 11.4. The van der Waals surface area contributed by atoms with Crippen molar-refractivity contribution in [2.75, 3.05) is 5.32 Å². The van der Waals surface area contributed by atoms with Gasteiger partial charge in [-0.05, 0) is 42.3 Å². The molecule has 0 unspecified atom stereocenters. The van der Waals surface area contributed by atoms with Crippen molar-refractivity contribution in [3.05, 3.63) is 72.3 Å². The quantitative estimate of drug-likeness (QED) is 0.839. The van der Waals surface area contributed by atoms with E-state index in [0.29, 0.717) is 6.61 Å². The zero-order chi connectivity index (χ0) is 14.4. The van der Waals surface area contributed by atoms with Gasteiger partial charge in [0.2, 0.25) is 5.91 Å². The van der Waals surface area contributed by atoms with E-state index in [9.17, 15) is 4.79 Å². The first-order chi connectivity index (χ1) is 9.70. The van der Waals surface area contributed by atoms with E-state index in [1.807, 2.05) is 55.5 Å². The third kappa shape index (κ3) is 3.48. The van der Waals surface area contributed by atoms with Crippen LogP contribution in [0.4, 0.5) is 5.69 Å². The van der Waals surface area contributed by atoms with Gasteiger partial charge in [-0.3, -0.25) is 4.79 Å². The van der Waals surface area contributed by atoms with Crippen LogP contribution in [-0.2, 0) is 11.4 Å². The molecule has 3 nitrogen and oxygen atoms in total. The summed E-state index contributed by atoms with van der Waals surface area (Å²) in [6.45, 7) is 5.87. The Morgan fingerprint density at radius 2 is 1.95 bits per heavy atom. The maximum Gasteiger partial charge on any atom is 0.247 e. The van der Waals surface area contributed by atoms with Gasteiger partial charge in [-0.15, -0.1) is 0 Å². The Balaban J connectivity index is 2.10. The van der Waals surface area contributed by atoms with Crippen LogP contribution in [0.15, 0.2) is 61.2 Å². The first kappa shape index (κ1) is 13.9. The summed E-state index contributed by atoms with van der Waals surface area (Å²) < 4.78 is 5.73. The number of hydrogen-bond donors (Lipinski definition) is 1. The molecule has 1 amide bonds. The molecule has 0 atom stereocenters. The first-order valence-electron chi connectivity index (χ1n) is 6.40. The van der Waals surface area contributed by atoms with Crippen LogP contribution >= 0.6 is 0 Å². The predicted molar refractivity (Wildman–Crippen MR) is 80.8 cm³/mol. The molecule has 0 saturated heterocycles. The topological polar surface area (TPSA) is 38.3 Å². The second kappa shape index (κ2) is 6.57. The number of benzene rings is 2. The third-order valence-electron chi connectivity index (χ3n) is 3.03. The molecule has 2 rings (SSSR count). The molecule has 0 bridgehead atoms. The first-order valence-corrected chi connectivity index (χ1v) is 6.40. The maximum absolute atomic E-state index is 11.4. The molecule has 0 radical (unpaired) electrons. The molecule has 3 heteroatoms. The molecule has 0 aliphatic heterocycles. The summed E-state index contributed by atoms with van der Waals surface area (Å²) in [6.07, 6.45) is 1.26. The number of ether oxygens (including phenoxy) is 1. The minimum absolute atomic E-state index is 0.214. The van der Waals surface area contributed by atoms with E-state index in [0.717, 1.165) is 22.6 Å². The monoisotopic (exact) mass is 267 g/mol. The van der Waals surface area contributed by atoms with Crippen LogP contribution in [0.1, 0.15) is 11.1 Å². The van der Waals surface area contributed by atoms with Gasteiger partial charge in [0.25, 0.3) is 0 Å². The molecule has 2 aromatic carbocycles. The molecular formula is C17H17NO2. The van der Waals surface area contributed by atoms with Crippen LogP contribution in [0, 0.1) is 6.92 Å². The molecule has 0 spiro atoms. The lowest BCUT2D eigenvalue weighted by molar-refractivity contribution is -0.111. The fourth-order valence-corrected chi connectivity index (χ4v) is 1.84. The van der Waals surface area contributed by atoms with Gasteiger partial charge in [0, 0.05) is 5.69 Å². The lowest BCUT2D eigenvalue weighted by Crippen LogP contribution is -2.10. The number of nitrogens with one attached hydrogen (secondary N) is 1. The molecule has 0 fully saturated rings. The van der Waals surface area contributed by atoms with Crippen molar-refractivity contribution >= 4 is 11.6 Å². The van der Waals surface area contributed by atoms with Gasteiger partial charge in [0.05, 0.1) is 0 Å². The van der Waals surface area contributed by atoms with Crippen molar-refractivity contribution in [3.8, 4) is 5.75 Å². The second-order valence-corrected chi connectivity index (χ2v) is 4.38. The summed E-state index contributed by atoms with van der Waals surface area (Å²) >= 11 is 0. The summed E-state index contributed by atoms with van der Waals surface area (Å²) in [4.78, 5) is 11.4. The van der Waals surface area contributed by atoms with Crippen molar-refractivity contribution in [1.82, 2.24) is 0 Å². The summed E-state index contributed by atoms with van der Waals surface area (Å²) in [5, 5.41) is 2.79. The van der Waals surface area contributed by atoms with E-state index in [-0.39, 0.29) is 5.91 Å². The van der Waals surface area contributed by atoms with Crippen LogP contribution in [0.3, 0.4) is 0 Å². The van der Waals surface area contributed by atoms with Crippen molar-refractivity contribution < 1.29 is 9.53 Å². The van der Waals surface area contributed by atoms with Gasteiger partial charge in [0.15, 0.2) is 0 Å². The SMILES string of the molecule is C=CC(=O)Nc1cccc(COc2ccccc2)c1C. The third-order valence-corrected chi connectivity index (χ3v) is 3.03. The van der Waals surface area contributed by atoms with E-state index >= 15 is 0 Å². The Hall–Kier alpha value is -2.55. The fraction of sp³-hybridized carbons (Fsp3) is 0.118. The van der Waals surface area contributed by atoms with Crippen LogP contribution in [0.2, 0.25) is 0 Å². The van der Waals surface area contributed by atoms with E-state index in [1.165, 1.54) is 6.08 Å². The van der Waals surface area contributed by atoms with E-state index in [2.05, 4.69) is 11.9 Å². The van der Waals surface area contributed by atoms with Crippen LogP contribution in [0.5, 0.6) is 5.75 Å². The number of carbonyl (C=O) groups excluding carboxylic acids is 1. The Morgan fingerprint density at radius 3 is 2.65 bits per heavy atom. The minimum atomic E-state index is -0.214. The van der Waals surface area contributed by atoms with Crippen LogP contribution < -0.4 is 10.1 Å². The van der Waals surface area contributed by atoms with Crippen LogP contribution in [0.25, 0.3) is 0 Å². The number of amides is 1. The van der Waals surface area contributed by atoms with E-state index in [4.69, 9.17) is 4.74 Å². The second-order valence-electron chi connectivity index (χ2n) is 4.38. The Morgan fingerprint density at radius 1 is 1.20 bits per heavy atom. The summed E-state index contributed by atoms with van der Waals surface area (Å²) in [5.74, 6) is 0.613. The molecule has 0 aliphatic carbocycles. The highest BCUT2D eigenvalue weighted by atomic mass is 16.5. The fourth-order valence-electron chi connectivity index (χ4n) is 1.84. The highest BCUT2D eigenvalue weighted by Gasteiger charge is 2.06. The van der Waals surface area contributed by atoms with Gasteiger partial charge in [-0.25, -0.2) is 0 Å². The molecule has 0 aromatic heterocycles. The number of carbonyl (C=O) groups is 1. The molecule has 2 aromatic rings. The van der Waals surface area contributed by atoms with Crippen molar-refractivity contribution in [2.24, 2.45) is 0 Å². The summed E-state index contributed by atoms with van der Waals surface area (Å²) in [5.41, 5.74) is 2.82. The zero-order valence-corrected chi connectivity index (χ0v) is 11.4. The number of anilines is 1. The molecule has 102 valence electrons. The highest BCUT2D eigenvalue weighted by Crippen LogP contribution is 2.21. The largest absolute Gasteiger partial charge is 0.489 e. The lowest BCUT2D eigenvalue weighted by atomic mass is 10.1. The molecule has 0 heterocycles. The van der Waals surface area contributed by atoms with Crippen LogP contribution in [-0.4, -0.2) is 5.91 Å². The molecule has 0 saturated carbocycles. The predicted octanol–water partition coefficient (Wildman–Crippen LogP) is 3.70. The van der Waals surface area contributed by atoms with Gasteiger partial charge < -0.3 is 10.1 Å².